The van der Waals surface area contributed by atoms with Gasteiger partial charge in [-0.15, -0.1) is 0 Å². The molecule has 0 spiro atoms. The van der Waals surface area contributed by atoms with Gasteiger partial charge in [0.05, 0.1) is 0 Å². The fraction of sp³-hybridized carbons (Fsp3) is 0.312. The lowest BCUT2D eigenvalue weighted by atomic mass is 10.1. The predicted octanol–water partition coefficient (Wildman–Crippen LogP) is 3.17. The molecule has 0 fully saturated rings. The molecule has 0 aliphatic rings. The molecular weight excluding hydrogens is 264 g/mol. The summed E-state index contributed by atoms with van der Waals surface area (Å²) >= 11 is 0. The van der Waals surface area contributed by atoms with Gasteiger partial charge in [-0.3, -0.25) is 4.79 Å². The Labute approximate surface area is 124 Å². The Morgan fingerprint density at radius 1 is 1.19 bits per heavy atom. The standard InChI is InChI=1S/C16H20N4O/c1-10(2)18-16-17-8-7-14(20-16)15(21)19-13-6-5-11(3)9-12(13)4/h5-10H,1-4H3,(H,19,21)(H,17,18,20). The number of aryl methyl sites for hydroxylation is 2. The Balaban J connectivity index is 2.16. The molecule has 110 valence electrons. The molecule has 21 heavy (non-hydrogen) atoms. The summed E-state index contributed by atoms with van der Waals surface area (Å²) in [7, 11) is 0. The molecule has 5 nitrogen and oxygen atoms in total. The highest BCUT2D eigenvalue weighted by molar-refractivity contribution is 6.03. The molecule has 0 saturated heterocycles. The normalized spacial score (nSPS) is 10.5. The SMILES string of the molecule is Cc1ccc(NC(=O)c2ccnc(NC(C)C)n2)c(C)c1. The van der Waals surface area contributed by atoms with Gasteiger partial charge in [-0.2, -0.15) is 0 Å². The van der Waals surface area contributed by atoms with Crippen molar-refractivity contribution in [2.24, 2.45) is 0 Å². The lowest BCUT2D eigenvalue weighted by Gasteiger charge is -2.10. The molecule has 1 aromatic carbocycles. The number of hydrogen-bond acceptors (Lipinski definition) is 4. The summed E-state index contributed by atoms with van der Waals surface area (Å²) in [6, 6.07) is 7.71. The number of benzene rings is 1. The molecule has 2 rings (SSSR count). The van der Waals surface area contributed by atoms with E-state index in [4.69, 9.17) is 0 Å². The van der Waals surface area contributed by atoms with Crippen molar-refractivity contribution in [1.82, 2.24) is 9.97 Å². The first-order valence-corrected chi connectivity index (χ1v) is 6.94. The van der Waals surface area contributed by atoms with Gasteiger partial charge >= 0.3 is 0 Å². The number of hydrogen-bond donors (Lipinski definition) is 2. The highest BCUT2D eigenvalue weighted by Crippen LogP contribution is 2.17. The van der Waals surface area contributed by atoms with Gasteiger partial charge in [0.15, 0.2) is 0 Å². The zero-order chi connectivity index (χ0) is 15.4. The second-order valence-electron chi connectivity index (χ2n) is 5.34. The molecule has 2 aromatic rings. The molecule has 0 atom stereocenters. The largest absolute Gasteiger partial charge is 0.352 e. The first-order chi connectivity index (χ1) is 9.95. The number of nitrogens with one attached hydrogen (secondary N) is 2. The van der Waals surface area contributed by atoms with E-state index in [1.807, 2.05) is 45.9 Å². The van der Waals surface area contributed by atoms with Crippen molar-refractivity contribution in [2.45, 2.75) is 33.7 Å². The molecule has 1 amide bonds. The Kier molecular flexibility index (Phi) is 4.52. The molecule has 1 heterocycles. The number of aromatic nitrogens is 2. The summed E-state index contributed by atoms with van der Waals surface area (Å²) in [6.45, 7) is 7.97. The predicted molar refractivity (Wildman–Crippen MR) is 84.7 cm³/mol. The maximum Gasteiger partial charge on any atom is 0.274 e. The van der Waals surface area contributed by atoms with Crippen molar-refractivity contribution in [3.63, 3.8) is 0 Å². The van der Waals surface area contributed by atoms with E-state index in [2.05, 4.69) is 20.6 Å². The van der Waals surface area contributed by atoms with Crippen molar-refractivity contribution in [2.75, 3.05) is 10.6 Å². The van der Waals surface area contributed by atoms with Gasteiger partial charge in [-0.25, -0.2) is 9.97 Å². The first kappa shape index (κ1) is 15.0. The number of carbonyl (C=O) groups is 1. The van der Waals surface area contributed by atoms with E-state index < -0.39 is 0 Å². The van der Waals surface area contributed by atoms with E-state index in [1.165, 1.54) is 0 Å². The first-order valence-electron chi connectivity index (χ1n) is 6.94. The van der Waals surface area contributed by atoms with Crippen molar-refractivity contribution in [3.05, 3.63) is 47.3 Å². The van der Waals surface area contributed by atoms with E-state index >= 15 is 0 Å². The fourth-order valence-corrected chi connectivity index (χ4v) is 1.95. The average molecular weight is 284 g/mol. The van der Waals surface area contributed by atoms with Gasteiger partial charge in [-0.1, -0.05) is 17.7 Å². The molecule has 0 saturated carbocycles. The maximum atomic E-state index is 12.3. The molecule has 0 unspecified atom stereocenters. The van der Waals surface area contributed by atoms with E-state index in [1.54, 1.807) is 12.3 Å². The number of carbonyl (C=O) groups excluding carboxylic acids is 1. The van der Waals surface area contributed by atoms with Gasteiger partial charge in [0.1, 0.15) is 5.69 Å². The van der Waals surface area contributed by atoms with Gasteiger partial charge in [-0.05, 0) is 45.4 Å². The van der Waals surface area contributed by atoms with Crippen LogP contribution in [0.5, 0.6) is 0 Å². The summed E-state index contributed by atoms with van der Waals surface area (Å²) in [5.41, 5.74) is 3.32. The van der Waals surface area contributed by atoms with Gasteiger partial charge in [0, 0.05) is 17.9 Å². The molecule has 5 heteroatoms. The van der Waals surface area contributed by atoms with Crippen molar-refractivity contribution >= 4 is 17.5 Å². The second-order valence-corrected chi connectivity index (χ2v) is 5.34. The number of anilines is 2. The summed E-state index contributed by atoms with van der Waals surface area (Å²) < 4.78 is 0. The summed E-state index contributed by atoms with van der Waals surface area (Å²) in [5.74, 6) is 0.217. The van der Waals surface area contributed by atoms with Crippen LogP contribution in [0.2, 0.25) is 0 Å². The van der Waals surface area contributed by atoms with Crippen LogP contribution < -0.4 is 10.6 Å². The quantitative estimate of drug-likeness (QED) is 0.905. The average Bonchev–Trinajstić information content (AvgIpc) is 2.41. The number of rotatable bonds is 4. The van der Waals surface area contributed by atoms with Crippen molar-refractivity contribution in [1.29, 1.82) is 0 Å². The van der Waals surface area contributed by atoms with E-state index in [-0.39, 0.29) is 11.9 Å². The number of amides is 1. The lowest BCUT2D eigenvalue weighted by molar-refractivity contribution is 0.102. The van der Waals surface area contributed by atoms with Gasteiger partial charge in [0.2, 0.25) is 5.95 Å². The van der Waals surface area contributed by atoms with Gasteiger partial charge < -0.3 is 10.6 Å². The van der Waals surface area contributed by atoms with Crippen LogP contribution >= 0.6 is 0 Å². The second kappa shape index (κ2) is 6.35. The summed E-state index contributed by atoms with van der Waals surface area (Å²) in [5, 5.41) is 5.96. The number of nitrogens with zero attached hydrogens (tertiary/aromatic N) is 2. The lowest BCUT2D eigenvalue weighted by Crippen LogP contribution is -2.18. The third kappa shape index (κ3) is 4.02. The van der Waals surface area contributed by atoms with Gasteiger partial charge in [0.25, 0.3) is 5.91 Å². The minimum absolute atomic E-state index is 0.211. The monoisotopic (exact) mass is 284 g/mol. The van der Waals surface area contributed by atoms with Crippen LogP contribution in [0.4, 0.5) is 11.6 Å². The van der Waals surface area contributed by atoms with Crippen LogP contribution in [0.15, 0.2) is 30.5 Å². The molecule has 0 aliphatic carbocycles. The van der Waals surface area contributed by atoms with E-state index in [0.29, 0.717) is 11.6 Å². The third-order valence-corrected chi connectivity index (χ3v) is 2.94. The van der Waals surface area contributed by atoms with Crippen LogP contribution in [0, 0.1) is 13.8 Å². The Hall–Kier alpha value is -2.43. The summed E-state index contributed by atoms with van der Waals surface area (Å²) in [4.78, 5) is 20.6. The fourth-order valence-electron chi connectivity index (χ4n) is 1.95. The Morgan fingerprint density at radius 2 is 1.95 bits per heavy atom. The molecular formula is C16H20N4O. The van der Waals surface area contributed by atoms with Crippen LogP contribution in [0.1, 0.15) is 35.5 Å². The van der Waals surface area contributed by atoms with Crippen LogP contribution in [0.25, 0.3) is 0 Å². The van der Waals surface area contributed by atoms with Crippen LogP contribution in [0.3, 0.4) is 0 Å². The Bertz CT molecular complexity index is 652. The maximum absolute atomic E-state index is 12.3. The minimum Gasteiger partial charge on any atom is -0.352 e. The molecule has 0 bridgehead atoms. The Morgan fingerprint density at radius 3 is 2.62 bits per heavy atom. The molecule has 0 radical (unpaired) electrons. The van der Waals surface area contributed by atoms with Crippen LogP contribution in [-0.2, 0) is 0 Å². The smallest absolute Gasteiger partial charge is 0.274 e. The topological polar surface area (TPSA) is 66.9 Å². The van der Waals surface area contributed by atoms with Crippen molar-refractivity contribution in [3.8, 4) is 0 Å². The van der Waals surface area contributed by atoms with Crippen LogP contribution in [-0.4, -0.2) is 21.9 Å². The minimum atomic E-state index is -0.240. The molecule has 0 aliphatic heterocycles. The molecule has 1 aromatic heterocycles. The van der Waals surface area contributed by atoms with E-state index in [0.717, 1.165) is 16.8 Å². The van der Waals surface area contributed by atoms with E-state index in [9.17, 15) is 4.79 Å². The molecule has 2 N–H and O–H groups in total. The third-order valence-electron chi connectivity index (χ3n) is 2.94. The van der Waals surface area contributed by atoms with Crippen molar-refractivity contribution < 1.29 is 4.79 Å². The highest BCUT2D eigenvalue weighted by atomic mass is 16.1. The zero-order valence-electron chi connectivity index (χ0n) is 12.8. The highest BCUT2D eigenvalue weighted by Gasteiger charge is 2.11. The zero-order valence-corrected chi connectivity index (χ0v) is 12.8. The summed E-state index contributed by atoms with van der Waals surface area (Å²) in [6.07, 6.45) is 1.58.